The van der Waals surface area contributed by atoms with Crippen LogP contribution >= 0.6 is 0 Å². The number of hydrogen-bond donors (Lipinski definition) is 1. The van der Waals surface area contributed by atoms with E-state index in [4.69, 9.17) is 10.5 Å². The molecule has 7 heteroatoms. The highest BCUT2D eigenvalue weighted by Crippen LogP contribution is 2.35. The molecule has 0 saturated carbocycles. The summed E-state index contributed by atoms with van der Waals surface area (Å²) in [6.07, 6.45) is 0.735. The second kappa shape index (κ2) is 6.85. The number of nitrogens with zero attached hydrogens (tertiary/aromatic N) is 1. The number of sulfonamides is 1. The molecule has 2 N–H and O–H groups in total. The maximum Gasteiger partial charge on any atom is 0.248 e. The van der Waals surface area contributed by atoms with Crippen molar-refractivity contribution in [3.05, 3.63) is 59.7 Å². The summed E-state index contributed by atoms with van der Waals surface area (Å²) < 4.78 is 32.5. The molecule has 2 aromatic rings. The minimum atomic E-state index is -3.60. The zero-order valence-electron chi connectivity index (χ0n) is 13.9. The lowest BCUT2D eigenvalue weighted by Gasteiger charge is -2.18. The third-order valence-corrected chi connectivity index (χ3v) is 6.39. The van der Waals surface area contributed by atoms with Gasteiger partial charge in [0.2, 0.25) is 15.9 Å². The maximum absolute atomic E-state index is 12.8. The van der Waals surface area contributed by atoms with E-state index in [2.05, 4.69) is 0 Å². The standard InChI is InChI=1S/C18H20N2O4S/c1-24-17-5-3-2-4-16(17)14-10-11-20(12-14)25(22,23)15-8-6-13(7-9-15)18(19)21/h2-9,14H,10-12H2,1H3,(H2,19,21)/t14-/m0/s1. The van der Waals surface area contributed by atoms with E-state index in [1.165, 1.54) is 28.6 Å². The molecule has 1 atom stereocenters. The molecule has 6 nitrogen and oxygen atoms in total. The predicted molar refractivity (Wildman–Crippen MR) is 94.1 cm³/mol. The zero-order chi connectivity index (χ0) is 18.0. The monoisotopic (exact) mass is 360 g/mol. The van der Waals surface area contributed by atoms with E-state index < -0.39 is 15.9 Å². The first-order chi connectivity index (χ1) is 11.9. The van der Waals surface area contributed by atoms with Gasteiger partial charge in [-0.1, -0.05) is 18.2 Å². The Balaban J connectivity index is 1.82. The van der Waals surface area contributed by atoms with Crippen molar-refractivity contribution in [3.63, 3.8) is 0 Å². The SMILES string of the molecule is COc1ccccc1[C@H]1CCN(S(=O)(=O)c2ccc(C(N)=O)cc2)C1. The average Bonchev–Trinajstić information content (AvgIpc) is 3.12. The molecule has 132 valence electrons. The lowest BCUT2D eigenvalue weighted by atomic mass is 9.97. The number of nitrogens with two attached hydrogens (primary N) is 1. The summed E-state index contributed by atoms with van der Waals surface area (Å²) >= 11 is 0. The zero-order valence-corrected chi connectivity index (χ0v) is 14.7. The molecule has 3 rings (SSSR count). The van der Waals surface area contributed by atoms with Crippen molar-refractivity contribution in [1.29, 1.82) is 0 Å². The van der Waals surface area contributed by atoms with Gasteiger partial charge in [-0.15, -0.1) is 0 Å². The van der Waals surface area contributed by atoms with E-state index in [0.717, 1.165) is 17.7 Å². The highest BCUT2D eigenvalue weighted by Gasteiger charge is 2.34. The van der Waals surface area contributed by atoms with Crippen LogP contribution in [0.4, 0.5) is 0 Å². The van der Waals surface area contributed by atoms with Crippen LogP contribution in [0.2, 0.25) is 0 Å². The Hall–Kier alpha value is -2.38. The Labute approximate surface area is 147 Å². The van der Waals surface area contributed by atoms with Gasteiger partial charge < -0.3 is 10.5 Å². The van der Waals surface area contributed by atoms with Crippen LogP contribution in [0.3, 0.4) is 0 Å². The number of hydrogen-bond acceptors (Lipinski definition) is 4. The second-order valence-corrected chi connectivity index (χ2v) is 7.92. The van der Waals surface area contributed by atoms with Crippen LogP contribution in [-0.2, 0) is 10.0 Å². The fourth-order valence-corrected chi connectivity index (χ4v) is 4.64. The molecule has 1 aliphatic rings. The van der Waals surface area contributed by atoms with Crippen molar-refractivity contribution < 1.29 is 17.9 Å². The first-order valence-electron chi connectivity index (χ1n) is 7.96. The Morgan fingerprint density at radius 3 is 2.48 bits per heavy atom. The van der Waals surface area contributed by atoms with Crippen LogP contribution in [-0.4, -0.2) is 38.8 Å². The Morgan fingerprint density at radius 1 is 1.16 bits per heavy atom. The number of benzene rings is 2. The van der Waals surface area contributed by atoms with Crippen LogP contribution < -0.4 is 10.5 Å². The van der Waals surface area contributed by atoms with Gasteiger partial charge in [-0.25, -0.2) is 8.42 Å². The number of amides is 1. The van der Waals surface area contributed by atoms with E-state index in [-0.39, 0.29) is 16.4 Å². The van der Waals surface area contributed by atoms with Gasteiger partial charge in [0.1, 0.15) is 5.75 Å². The molecule has 1 heterocycles. The quantitative estimate of drug-likeness (QED) is 0.883. The number of primary amides is 1. The Bertz CT molecular complexity index is 878. The molecule has 1 amide bonds. The normalized spacial score (nSPS) is 18.2. The molecular formula is C18H20N2O4S. The van der Waals surface area contributed by atoms with Crippen LogP contribution in [0.5, 0.6) is 5.75 Å². The third-order valence-electron chi connectivity index (χ3n) is 4.51. The summed E-state index contributed by atoms with van der Waals surface area (Å²) in [5.74, 6) is 0.287. The number of carbonyl (C=O) groups excluding carboxylic acids is 1. The van der Waals surface area contributed by atoms with Crippen LogP contribution in [0.15, 0.2) is 53.4 Å². The number of methoxy groups -OCH3 is 1. The highest BCUT2D eigenvalue weighted by atomic mass is 32.2. The van der Waals surface area contributed by atoms with Crippen molar-refractivity contribution in [3.8, 4) is 5.75 Å². The average molecular weight is 360 g/mol. The van der Waals surface area contributed by atoms with Gasteiger partial charge in [-0.05, 0) is 42.3 Å². The lowest BCUT2D eigenvalue weighted by Crippen LogP contribution is -2.28. The predicted octanol–water partition coefficient (Wildman–Crippen LogP) is 1.97. The molecule has 0 aliphatic carbocycles. The first kappa shape index (κ1) is 17.4. The molecular weight excluding hydrogens is 340 g/mol. The number of carbonyl (C=O) groups is 1. The molecule has 0 unspecified atom stereocenters. The summed E-state index contributed by atoms with van der Waals surface area (Å²) in [7, 11) is -1.99. The van der Waals surface area contributed by atoms with Crippen molar-refractivity contribution in [2.45, 2.75) is 17.2 Å². The Morgan fingerprint density at radius 2 is 1.84 bits per heavy atom. The molecule has 0 spiro atoms. The minimum Gasteiger partial charge on any atom is -0.496 e. The number of rotatable bonds is 5. The summed E-state index contributed by atoms with van der Waals surface area (Å²) in [6, 6.07) is 13.4. The lowest BCUT2D eigenvalue weighted by molar-refractivity contribution is 0.1000. The third kappa shape index (κ3) is 3.38. The minimum absolute atomic E-state index is 0.0933. The second-order valence-electron chi connectivity index (χ2n) is 5.98. The topological polar surface area (TPSA) is 89.7 Å². The fourth-order valence-electron chi connectivity index (χ4n) is 3.14. The largest absolute Gasteiger partial charge is 0.496 e. The van der Waals surface area contributed by atoms with Crippen LogP contribution in [0.25, 0.3) is 0 Å². The van der Waals surface area contributed by atoms with Crippen molar-refractivity contribution in [1.82, 2.24) is 4.31 Å². The summed E-state index contributed by atoms with van der Waals surface area (Å²) in [5, 5.41) is 0. The van der Waals surface area contributed by atoms with Gasteiger partial charge in [-0.2, -0.15) is 4.31 Å². The highest BCUT2D eigenvalue weighted by molar-refractivity contribution is 7.89. The summed E-state index contributed by atoms with van der Waals surface area (Å²) in [6.45, 7) is 0.850. The van der Waals surface area contributed by atoms with Gasteiger partial charge in [0.15, 0.2) is 0 Å². The van der Waals surface area contributed by atoms with E-state index in [9.17, 15) is 13.2 Å². The fraction of sp³-hybridized carbons (Fsp3) is 0.278. The van der Waals surface area contributed by atoms with Crippen molar-refractivity contribution in [2.24, 2.45) is 5.73 Å². The Kier molecular flexibility index (Phi) is 4.78. The van der Waals surface area contributed by atoms with Crippen molar-refractivity contribution >= 4 is 15.9 Å². The molecule has 0 aromatic heterocycles. The summed E-state index contributed by atoms with van der Waals surface area (Å²) in [5.41, 5.74) is 6.50. The number of ether oxygens (including phenoxy) is 1. The number of para-hydroxylation sites is 1. The van der Waals surface area contributed by atoms with Gasteiger partial charge in [0, 0.05) is 24.6 Å². The van der Waals surface area contributed by atoms with Gasteiger partial charge >= 0.3 is 0 Å². The van der Waals surface area contributed by atoms with Gasteiger partial charge in [-0.3, -0.25) is 4.79 Å². The molecule has 0 radical (unpaired) electrons. The molecule has 1 fully saturated rings. The summed E-state index contributed by atoms with van der Waals surface area (Å²) in [4.78, 5) is 11.3. The molecule has 0 bridgehead atoms. The van der Waals surface area contributed by atoms with E-state index in [1.807, 2.05) is 24.3 Å². The van der Waals surface area contributed by atoms with Crippen LogP contribution in [0, 0.1) is 0 Å². The smallest absolute Gasteiger partial charge is 0.248 e. The van der Waals surface area contributed by atoms with Gasteiger partial charge in [0.05, 0.1) is 12.0 Å². The van der Waals surface area contributed by atoms with E-state index in [1.54, 1.807) is 7.11 Å². The molecule has 2 aromatic carbocycles. The van der Waals surface area contributed by atoms with Crippen molar-refractivity contribution in [2.75, 3.05) is 20.2 Å². The first-order valence-corrected chi connectivity index (χ1v) is 9.40. The van der Waals surface area contributed by atoms with Crippen LogP contribution in [0.1, 0.15) is 28.3 Å². The van der Waals surface area contributed by atoms with E-state index >= 15 is 0 Å². The maximum atomic E-state index is 12.8. The molecule has 1 aliphatic heterocycles. The van der Waals surface area contributed by atoms with Gasteiger partial charge in [0.25, 0.3) is 0 Å². The molecule has 25 heavy (non-hydrogen) atoms. The van der Waals surface area contributed by atoms with E-state index in [0.29, 0.717) is 13.1 Å². The molecule has 1 saturated heterocycles.